The summed E-state index contributed by atoms with van der Waals surface area (Å²) in [6.45, 7) is 2.30. The smallest absolute Gasteiger partial charge is 0.398 e. The zero-order valence-electron chi connectivity index (χ0n) is 27.9. The van der Waals surface area contributed by atoms with Gasteiger partial charge < -0.3 is 25.8 Å². The number of rotatable bonds is 8. The standard InChI is InChI=1S/C38H43ClF3N5O3/c39-35(28-10-11-32(43)31(23-28)38(40,41)42)30(36(49)46-17-12-26(13-18-46)22-25-6-2-1-3-7-25)24-34(48)45-19-15-29(16-20-45)47-21-14-27-8-4-5-9-33(27)44-37(47)50/h1-11,23,26,29-30,35H,12-22,24,43H2,(H,44,50)/t30-,35-/m1/s1. The Kier molecular flexibility index (Phi) is 10.9. The molecule has 50 heavy (non-hydrogen) atoms. The number of benzene rings is 3. The molecule has 0 saturated carbocycles. The zero-order chi connectivity index (χ0) is 35.4. The maximum atomic E-state index is 14.1. The van der Waals surface area contributed by atoms with Crippen LogP contribution in [-0.4, -0.2) is 71.3 Å². The Morgan fingerprint density at radius 2 is 1.54 bits per heavy atom. The van der Waals surface area contributed by atoms with Crippen molar-refractivity contribution in [3.05, 3.63) is 95.1 Å². The lowest BCUT2D eigenvalue weighted by Gasteiger charge is -2.39. The summed E-state index contributed by atoms with van der Waals surface area (Å²) in [6, 6.07) is 21.1. The molecule has 4 amide bonds. The minimum Gasteiger partial charge on any atom is -0.398 e. The number of piperidine rings is 2. The largest absolute Gasteiger partial charge is 0.418 e. The van der Waals surface area contributed by atoms with Gasteiger partial charge >= 0.3 is 12.2 Å². The number of nitrogens with zero attached hydrogens (tertiary/aromatic N) is 3. The number of carbonyl (C=O) groups is 3. The number of likely N-dealkylation sites (tertiary alicyclic amines) is 2. The van der Waals surface area contributed by atoms with E-state index < -0.39 is 28.7 Å². The van der Waals surface area contributed by atoms with Crippen LogP contribution in [0.15, 0.2) is 72.8 Å². The summed E-state index contributed by atoms with van der Waals surface area (Å²) in [5.41, 5.74) is 7.39. The van der Waals surface area contributed by atoms with Crippen molar-refractivity contribution in [3.63, 3.8) is 0 Å². The number of nitrogens with one attached hydrogen (secondary N) is 1. The Balaban J connectivity index is 1.13. The topological polar surface area (TPSA) is 99.0 Å². The normalized spacial score (nSPS) is 19.0. The Morgan fingerprint density at radius 1 is 0.880 bits per heavy atom. The molecule has 12 heteroatoms. The third-order valence-corrected chi connectivity index (χ3v) is 11.0. The monoisotopic (exact) mass is 709 g/mol. The predicted octanol–water partition coefficient (Wildman–Crippen LogP) is 7.14. The number of urea groups is 1. The van der Waals surface area contributed by atoms with Crippen molar-refractivity contribution >= 4 is 40.8 Å². The molecule has 0 bridgehead atoms. The number of alkyl halides is 4. The summed E-state index contributed by atoms with van der Waals surface area (Å²) in [4.78, 5) is 46.3. The molecule has 8 nitrogen and oxygen atoms in total. The summed E-state index contributed by atoms with van der Waals surface area (Å²) < 4.78 is 41.3. The minimum atomic E-state index is -4.70. The van der Waals surface area contributed by atoms with E-state index in [2.05, 4.69) is 17.4 Å². The lowest BCUT2D eigenvalue weighted by atomic mass is 9.88. The molecule has 3 aliphatic heterocycles. The quantitative estimate of drug-likeness (QED) is 0.192. The van der Waals surface area contributed by atoms with E-state index in [0.717, 1.165) is 49.1 Å². The van der Waals surface area contributed by atoms with Gasteiger partial charge in [-0.3, -0.25) is 9.59 Å². The number of fused-ring (bicyclic) bond motifs is 1. The first-order valence-electron chi connectivity index (χ1n) is 17.3. The third-order valence-electron chi connectivity index (χ3n) is 10.5. The van der Waals surface area contributed by atoms with Gasteiger partial charge in [-0.1, -0.05) is 54.6 Å². The molecule has 266 valence electrons. The summed E-state index contributed by atoms with van der Waals surface area (Å²) in [6.07, 6.45) is -0.637. The fourth-order valence-electron chi connectivity index (χ4n) is 7.56. The van der Waals surface area contributed by atoms with Crippen LogP contribution in [0.25, 0.3) is 0 Å². The van der Waals surface area contributed by atoms with Crippen LogP contribution >= 0.6 is 11.6 Å². The van der Waals surface area contributed by atoms with Gasteiger partial charge in [-0.05, 0) is 79.3 Å². The number of halogens is 4. The number of nitrogen functional groups attached to an aromatic ring is 1. The maximum Gasteiger partial charge on any atom is 0.418 e. The number of anilines is 2. The van der Waals surface area contributed by atoms with Crippen LogP contribution in [0.3, 0.4) is 0 Å². The SMILES string of the molecule is Nc1ccc([C@@H](Cl)[C@@H](CC(=O)N2CCC(N3CCc4ccccc4NC3=O)CC2)C(=O)N2CCC(Cc3ccccc3)CC2)cc1C(F)(F)F. The summed E-state index contributed by atoms with van der Waals surface area (Å²) in [7, 11) is 0. The van der Waals surface area contributed by atoms with Crippen molar-refractivity contribution in [1.29, 1.82) is 0 Å². The van der Waals surface area contributed by atoms with Crippen LogP contribution in [0.4, 0.5) is 29.3 Å². The fourth-order valence-corrected chi connectivity index (χ4v) is 7.89. The molecule has 3 aromatic rings. The molecule has 0 radical (unpaired) electrons. The van der Waals surface area contributed by atoms with Crippen molar-refractivity contribution < 1.29 is 27.6 Å². The van der Waals surface area contributed by atoms with Crippen LogP contribution in [0.2, 0.25) is 0 Å². The predicted molar refractivity (Wildman–Crippen MR) is 187 cm³/mol. The maximum absolute atomic E-state index is 14.1. The highest BCUT2D eigenvalue weighted by Crippen LogP contribution is 2.40. The van der Waals surface area contributed by atoms with Gasteiger partial charge in [0.25, 0.3) is 0 Å². The van der Waals surface area contributed by atoms with Gasteiger partial charge in [-0.25, -0.2) is 4.79 Å². The molecular weight excluding hydrogens is 667 g/mol. The first-order valence-corrected chi connectivity index (χ1v) is 17.8. The molecule has 3 aromatic carbocycles. The minimum absolute atomic E-state index is 0.0562. The number of para-hydroxylation sites is 1. The van der Waals surface area contributed by atoms with Crippen molar-refractivity contribution in [2.75, 3.05) is 43.8 Å². The molecule has 0 aromatic heterocycles. The van der Waals surface area contributed by atoms with Gasteiger partial charge in [0.15, 0.2) is 0 Å². The molecule has 6 rings (SSSR count). The van der Waals surface area contributed by atoms with Crippen LogP contribution in [0.1, 0.15) is 59.7 Å². The molecule has 3 N–H and O–H groups in total. The van der Waals surface area contributed by atoms with Crippen molar-refractivity contribution in [3.8, 4) is 0 Å². The average molecular weight is 710 g/mol. The second-order valence-corrected chi connectivity index (χ2v) is 14.1. The lowest BCUT2D eigenvalue weighted by molar-refractivity contribution is -0.143. The molecule has 0 unspecified atom stereocenters. The number of carbonyl (C=O) groups excluding carboxylic acids is 3. The number of hydrogen-bond donors (Lipinski definition) is 2. The van der Waals surface area contributed by atoms with E-state index in [0.29, 0.717) is 51.5 Å². The number of nitrogens with two attached hydrogens (primary N) is 1. The van der Waals surface area contributed by atoms with Gasteiger partial charge in [0.1, 0.15) is 0 Å². The third kappa shape index (κ3) is 8.20. The van der Waals surface area contributed by atoms with E-state index >= 15 is 0 Å². The van der Waals surface area contributed by atoms with E-state index in [1.54, 1.807) is 9.80 Å². The van der Waals surface area contributed by atoms with Gasteiger partial charge in [0.05, 0.1) is 16.9 Å². The zero-order valence-corrected chi connectivity index (χ0v) is 28.6. The van der Waals surface area contributed by atoms with Gasteiger partial charge in [0.2, 0.25) is 11.8 Å². The Bertz CT molecular complexity index is 1670. The van der Waals surface area contributed by atoms with Gasteiger partial charge in [0, 0.05) is 56.6 Å². The molecule has 2 fully saturated rings. The first-order chi connectivity index (χ1) is 24.0. The second kappa shape index (κ2) is 15.3. The molecule has 2 atom stereocenters. The highest BCUT2D eigenvalue weighted by atomic mass is 35.5. The van der Waals surface area contributed by atoms with Gasteiger partial charge in [-0.2, -0.15) is 13.2 Å². The molecule has 3 aliphatic rings. The van der Waals surface area contributed by atoms with E-state index in [-0.39, 0.29) is 35.9 Å². The van der Waals surface area contributed by atoms with Crippen LogP contribution in [0, 0.1) is 11.8 Å². The molecule has 2 saturated heterocycles. The van der Waals surface area contributed by atoms with E-state index in [1.165, 1.54) is 11.6 Å². The first kappa shape index (κ1) is 35.6. The number of hydrogen-bond acceptors (Lipinski definition) is 4. The van der Waals surface area contributed by atoms with Crippen molar-refractivity contribution in [1.82, 2.24) is 14.7 Å². The molecule has 0 aliphatic carbocycles. The lowest BCUT2D eigenvalue weighted by Crippen LogP contribution is -2.50. The summed E-state index contributed by atoms with van der Waals surface area (Å²) in [5.74, 6) is -1.31. The summed E-state index contributed by atoms with van der Waals surface area (Å²) >= 11 is 6.90. The Morgan fingerprint density at radius 3 is 2.24 bits per heavy atom. The van der Waals surface area contributed by atoms with E-state index in [9.17, 15) is 27.6 Å². The summed E-state index contributed by atoms with van der Waals surface area (Å²) in [5, 5.41) is 1.82. The van der Waals surface area contributed by atoms with Crippen molar-refractivity contribution in [2.24, 2.45) is 11.8 Å². The Labute approximate surface area is 295 Å². The highest BCUT2D eigenvalue weighted by molar-refractivity contribution is 6.22. The highest BCUT2D eigenvalue weighted by Gasteiger charge is 2.39. The average Bonchev–Trinajstić information content (AvgIpc) is 3.28. The molecule has 3 heterocycles. The second-order valence-electron chi connectivity index (χ2n) is 13.7. The fraction of sp³-hybridized carbons (Fsp3) is 0.447. The van der Waals surface area contributed by atoms with Crippen LogP contribution < -0.4 is 11.1 Å². The van der Waals surface area contributed by atoms with Crippen LogP contribution in [-0.2, 0) is 28.6 Å². The van der Waals surface area contributed by atoms with Crippen LogP contribution in [0.5, 0.6) is 0 Å². The van der Waals surface area contributed by atoms with E-state index in [4.69, 9.17) is 17.3 Å². The Hall–Kier alpha value is -4.25. The van der Waals surface area contributed by atoms with Gasteiger partial charge in [-0.15, -0.1) is 11.6 Å². The van der Waals surface area contributed by atoms with Crippen molar-refractivity contribution in [2.45, 2.75) is 62.5 Å². The molecular formula is C38H43ClF3N5O3. The number of amides is 4. The van der Waals surface area contributed by atoms with E-state index in [1.807, 2.05) is 47.4 Å². The molecule has 0 spiro atoms.